The number of hydrogen-bond acceptors (Lipinski definition) is 7. The summed E-state index contributed by atoms with van der Waals surface area (Å²) in [6, 6.07) is 2.48. The van der Waals surface area contributed by atoms with Crippen molar-refractivity contribution in [1.29, 1.82) is 0 Å². The van der Waals surface area contributed by atoms with E-state index in [1.54, 1.807) is 0 Å². The first kappa shape index (κ1) is 16.4. The fourth-order valence-corrected chi connectivity index (χ4v) is 1.74. The Balaban J connectivity index is 3.15. The second kappa shape index (κ2) is 7.22. The van der Waals surface area contributed by atoms with Gasteiger partial charge in [0.05, 0.1) is 27.1 Å². The molecule has 114 valence electrons. The predicted molar refractivity (Wildman–Crippen MR) is 71.2 cm³/mol. The van der Waals surface area contributed by atoms with Gasteiger partial charge in [0.2, 0.25) is 6.54 Å². The summed E-state index contributed by atoms with van der Waals surface area (Å²) in [5.41, 5.74) is 0.324. The largest absolute Gasteiger partial charge is 0.504 e. The SMILES string of the molecule is COC(=O)Cc1cc(O)c(OC)cc1C(=O)CC[N+](=O)[O-]. The smallest absolute Gasteiger partial charge is 0.310 e. The summed E-state index contributed by atoms with van der Waals surface area (Å²) in [5.74, 6) is -1.29. The lowest BCUT2D eigenvalue weighted by atomic mass is 9.98. The Morgan fingerprint density at radius 1 is 1.33 bits per heavy atom. The third-order valence-electron chi connectivity index (χ3n) is 2.79. The van der Waals surface area contributed by atoms with Gasteiger partial charge in [0.15, 0.2) is 17.3 Å². The summed E-state index contributed by atoms with van der Waals surface area (Å²) in [6.45, 7) is -0.514. The molecule has 8 nitrogen and oxygen atoms in total. The van der Waals surface area contributed by atoms with Gasteiger partial charge in [0, 0.05) is 10.5 Å². The van der Waals surface area contributed by atoms with E-state index in [-0.39, 0.29) is 35.5 Å². The Labute approximate surface area is 120 Å². The van der Waals surface area contributed by atoms with Crippen molar-refractivity contribution >= 4 is 11.8 Å². The number of hydrogen-bond donors (Lipinski definition) is 1. The average molecular weight is 297 g/mol. The van der Waals surface area contributed by atoms with Gasteiger partial charge in [-0.3, -0.25) is 19.7 Å². The van der Waals surface area contributed by atoms with Crippen LogP contribution in [0, 0.1) is 10.1 Å². The van der Waals surface area contributed by atoms with Crippen LogP contribution in [-0.2, 0) is 16.0 Å². The highest BCUT2D eigenvalue weighted by Gasteiger charge is 2.19. The molecule has 0 aromatic heterocycles. The molecular formula is C13H15NO7. The molecule has 0 atom stereocenters. The Morgan fingerprint density at radius 2 is 2.00 bits per heavy atom. The van der Waals surface area contributed by atoms with E-state index in [1.165, 1.54) is 26.4 Å². The van der Waals surface area contributed by atoms with Crippen molar-refractivity contribution in [2.75, 3.05) is 20.8 Å². The summed E-state index contributed by atoms with van der Waals surface area (Å²) >= 11 is 0. The minimum Gasteiger partial charge on any atom is -0.504 e. The topological polar surface area (TPSA) is 116 Å². The molecule has 0 saturated carbocycles. The second-order valence-corrected chi connectivity index (χ2v) is 4.16. The number of carbonyl (C=O) groups excluding carboxylic acids is 2. The van der Waals surface area contributed by atoms with E-state index < -0.39 is 23.2 Å². The van der Waals surface area contributed by atoms with Crippen LogP contribution in [-0.4, -0.2) is 42.5 Å². The molecule has 0 aliphatic rings. The van der Waals surface area contributed by atoms with Crippen molar-refractivity contribution in [2.24, 2.45) is 0 Å². The number of carbonyl (C=O) groups is 2. The zero-order chi connectivity index (χ0) is 16.0. The van der Waals surface area contributed by atoms with Crippen LogP contribution in [0.5, 0.6) is 11.5 Å². The number of rotatable bonds is 7. The summed E-state index contributed by atoms with van der Waals surface area (Å²) < 4.78 is 9.41. The number of esters is 1. The molecule has 1 aromatic carbocycles. The summed E-state index contributed by atoms with van der Waals surface area (Å²) in [5, 5.41) is 20.0. The summed E-state index contributed by atoms with van der Waals surface area (Å²) in [4.78, 5) is 33.1. The molecule has 0 bridgehead atoms. The molecule has 1 aromatic rings. The molecule has 0 aliphatic carbocycles. The zero-order valence-electron chi connectivity index (χ0n) is 11.6. The van der Waals surface area contributed by atoms with Crippen LogP contribution >= 0.6 is 0 Å². The van der Waals surface area contributed by atoms with Crippen molar-refractivity contribution < 1.29 is 29.1 Å². The molecule has 21 heavy (non-hydrogen) atoms. The number of benzene rings is 1. The van der Waals surface area contributed by atoms with Gasteiger partial charge >= 0.3 is 5.97 Å². The van der Waals surface area contributed by atoms with Gasteiger partial charge < -0.3 is 14.6 Å². The van der Waals surface area contributed by atoms with Gasteiger partial charge in [0.25, 0.3) is 0 Å². The minimum atomic E-state index is -0.602. The number of nitro groups is 1. The molecule has 0 fully saturated rings. The fraction of sp³-hybridized carbons (Fsp3) is 0.385. The Bertz CT molecular complexity index is 568. The molecule has 0 unspecified atom stereocenters. The quantitative estimate of drug-likeness (QED) is 0.345. The zero-order valence-corrected chi connectivity index (χ0v) is 11.6. The molecule has 0 amide bonds. The molecule has 0 heterocycles. The second-order valence-electron chi connectivity index (χ2n) is 4.16. The Kier molecular flexibility index (Phi) is 5.65. The van der Waals surface area contributed by atoms with Crippen molar-refractivity contribution in [1.82, 2.24) is 0 Å². The van der Waals surface area contributed by atoms with Crippen LogP contribution in [0.2, 0.25) is 0 Å². The van der Waals surface area contributed by atoms with E-state index >= 15 is 0 Å². The van der Waals surface area contributed by atoms with Gasteiger partial charge in [-0.15, -0.1) is 0 Å². The third kappa shape index (κ3) is 4.44. The normalized spacial score (nSPS) is 10.0. The number of methoxy groups -OCH3 is 2. The number of phenols is 1. The van der Waals surface area contributed by atoms with Gasteiger partial charge in [-0.05, 0) is 17.7 Å². The fourth-order valence-electron chi connectivity index (χ4n) is 1.74. The monoisotopic (exact) mass is 297 g/mol. The van der Waals surface area contributed by atoms with Crippen LogP contribution in [0.4, 0.5) is 0 Å². The van der Waals surface area contributed by atoms with Crippen LogP contribution in [0.25, 0.3) is 0 Å². The summed E-state index contributed by atoms with van der Waals surface area (Å²) in [7, 11) is 2.50. The van der Waals surface area contributed by atoms with Crippen molar-refractivity contribution in [3.05, 3.63) is 33.4 Å². The van der Waals surface area contributed by atoms with E-state index in [1.807, 2.05) is 0 Å². The predicted octanol–water partition coefficient (Wildman–Crippen LogP) is 0.966. The summed E-state index contributed by atoms with van der Waals surface area (Å²) in [6.07, 6.45) is -0.539. The molecular weight excluding hydrogens is 282 g/mol. The molecule has 8 heteroatoms. The lowest BCUT2D eigenvalue weighted by Crippen LogP contribution is -2.13. The molecule has 0 aliphatic heterocycles. The number of phenolic OH excluding ortho intramolecular Hbond substituents is 1. The van der Waals surface area contributed by atoms with Gasteiger partial charge in [-0.25, -0.2) is 0 Å². The van der Waals surface area contributed by atoms with E-state index in [0.717, 1.165) is 0 Å². The van der Waals surface area contributed by atoms with Crippen molar-refractivity contribution in [3.8, 4) is 11.5 Å². The van der Waals surface area contributed by atoms with Crippen LogP contribution < -0.4 is 4.74 Å². The van der Waals surface area contributed by atoms with E-state index in [4.69, 9.17) is 4.74 Å². The average Bonchev–Trinajstić information content (AvgIpc) is 2.44. The van der Waals surface area contributed by atoms with Crippen LogP contribution in [0.15, 0.2) is 12.1 Å². The number of nitrogens with zero attached hydrogens (tertiary/aromatic N) is 1. The molecule has 1 rings (SSSR count). The highest BCUT2D eigenvalue weighted by molar-refractivity contribution is 5.99. The van der Waals surface area contributed by atoms with Gasteiger partial charge in [-0.2, -0.15) is 0 Å². The highest BCUT2D eigenvalue weighted by Crippen LogP contribution is 2.30. The minimum absolute atomic E-state index is 0.0491. The lowest BCUT2D eigenvalue weighted by Gasteiger charge is -2.11. The first-order valence-corrected chi connectivity index (χ1v) is 6.00. The number of aromatic hydroxyl groups is 1. The van der Waals surface area contributed by atoms with Gasteiger partial charge in [-0.1, -0.05) is 0 Å². The number of ether oxygens (including phenoxy) is 2. The van der Waals surface area contributed by atoms with Crippen molar-refractivity contribution in [2.45, 2.75) is 12.8 Å². The molecule has 1 N–H and O–H groups in total. The maximum absolute atomic E-state index is 12.0. The maximum Gasteiger partial charge on any atom is 0.310 e. The van der Waals surface area contributed by atoms with Crippen molar-refractivity contribution in [3.63, 3.8) is 0 Å². The van der Waals surface area contributed by atoms with Gasteiger partial charge in [0.1, 0.15) is 0 Å². The number of Topliss-reactive ketones (excluding diaryl/α,β-unsaturated/α-hetero) is 1. The van der Waals surface area contributed by atoms with E-state index in [9.17, 15) is 24.8 Å². The Hall–Kier alpha value is -2.64. The standard InChI is InChI=1S/C13H15NO7/c1-20-12-7-9(10(15)3-4-14(18)19)8(5-11(12)16)6-13(17)21-2/h5,7,16H,3-4,6H2,1-2H3. The molecule has 0 spiro atoms. The first-order chi connectivity index (χ1) is 9.88. The van der Waals surface area contributed by atoms with Crippen LogP contribution in [0.1, 0.15) is 22.3 Å². The number of ketones is 1. The Morgan fingerprint density at radius 3 is 2.52 bits per heavy atom. The van der Waals surface area contributed by atoms with E-state index in [0.29, 0.717) is 0 Å². The highest BCUT2D eigenvalue weighted by atomic mass is 16.6. The maximum atomic E-state index is 12.0. The third-order valence-corrected chi connectivity index (χ3v) is 2.79. The van der Waals surface area contributed by atoms with E-state index in [2.05, 4.69) is 4.74 Å². The molecule has 0 radical (unpaired) electrons. The molecule has 0 saturated heterocycles. The lowest BCUT2D eigenvalue weighted by molar-refractivity contribution is -0.478. The van der Waals surface area contributed by atoms with Crippen LogP contribution in [0.3, 0.4) is 0 Å². The first-order valence-electron chi connectivity index (χ1n) is 6.00.